The fourth-order valence-electron chi connectivity index (χ4n) is 3.32. The Hall–Kier alpha value is -3.67. The minimum Gasteiger partial charge on any atom is -0.493 e. The van der Waals surface area contributed by atoms with E-state index < -0.39 is 23.1 Å². The van der Waals surface area contributed by atoms with Crippen molar-refractivity contribution in [2.24, 2.45) is 7.05 Å². The van der Waals surface area contributed by atoms with Crippen LogP contribution in [-0.2, 0) is 19.8 Å². The molecule has 0 spiro atoms. The molecule has 1 aromatic carbocycles. The van der Waals surface area contributed by atoms with E-state index in [0.717, 1.165) is 26.8 Å². The summed E-state index contributed by atoms with van der Waals surface area (Å²) in [4.78, 5) is 33.6. The van der Waals surface area contributed by atoms with Gasteiger partial charge >= 0.3 is 11.9 Å². The van der Waals surface area contributed by atoms with Crippen molar-refractivity contribution in [3.8, 4) is 22.1 Å². The van der Waals surface area contributed by atoms with E-state index in [2.05, 4.69) is 9.97 Å². The zero-order valence-corrected chi connectivity index (χ0v) is 18.5. The number of hydrogen-bond acceptors (Lipinski definition) is 7. The minimum atomic E-state index is -4.69. The lowest BCUT2D eigenvalue weighted by Gasteiger charge is -2.11. The predicted molar refractivity (Wildman–Crippen MR) is 116 cm³/mol. The summed E-state index contributed by atoms with van der Waals surface area (Å²) in [6.45, 7) is -0.147. The molecule has 0 radical (unpaired) electrons. The van der Waals surface area contributed by atoms with Crippen molar-refractivity contribution >= 4 is 22.4 Å². The average Bonchev–Trinajstić information content (AvgIpc) is 3.27. The highest BCUT2D eigenvalue weighted by Gasteiger charge is 2.33. The molecule has 3 heterocycles. The zero-order valence-electron chi connectivity index (χ0n) is 17.6. The van der Waals surface area contributed by atoms with E-state index in [1.165, 1.54) is 32.6 Å². The molecule has 12 heteroatoms. The SMILES string of the molecule is COc1ccc(-c2nc(Cn3c(=O)c4ccc(C(F)(F)F)nc4n(C)c3=O)cs2)cc1OC. The molecule has 4 rings (SSSR count). The van der Waals surface area contributed by atoms with Crippen LogP contribution in [0.15, 0.2) is 45.3 Å². The van der Waals surface area contributed by atoms with Gasteiger partial charge in [0.05, 0.1) is 31.8 Å². The standard InChI is InChI=1S/C21H17F3N4O4S/c1-27-17-13(5-7-16(26-17)21(22,23)24)19(29)28(20(27)30)9-12-10-33-18(25-12)11-4-6-14(31-2)15(8-11)32-3/h4-8,10H,9H2,1-3H3. The van der Waals surface area contributed by atoms with E-state index in [9.17, 15) is 22.8 Å². The fourth-order valence-corrected chi connectivity index (χ4v) is 4.12. The number of benzene rings is 1. The van der Waals surface area contributed by atoms with Crippen LogP contribution in [0.3, 0.4) is 0 Å². The Kier molecular flexibility index (Phi) is 5.70. The maximum Gasteiger partial charge on any atom is 0.433 e. The third-order valence-electron chi connectivity index (χ3n) is 4.98. The first-order valence-electron chi connectivity index (χ1n) is 9.48. The average molecular weight is 478 g/mol. The van der Waals surface area contributed by atoms with Crippen molar-refractivity contribution in [3.05, 3.63) is 67.9 Å². The van der Waals surface area contributed by atoms with E-state index in [4.69, 9.17) is 9.47 Å². The molecule has 172 valence electrons. The molecular weight excluding hydrogens is 461 g/mol. The van der Waals surface area contributed by atoms with E-state index in [0.29, 0.717) is 22.2 Å². The molecule has 4 aromatic rings. The van der Waals surface area contributed by atoms with Crippen LogP contribution in [0.5, 0.6) is 11.5 Å². The number of hydrogen-bond donors (Lipinski definition) is 0. The smallest absolute Gasteiger partial charge is 0.433 e. The van der Waals surface area contributed by atoms with Crippen molar-refractivity contribution in [1.82, 2.24) is 19.1 Å². The van der Waals surface area contributed by atoms with Gasteiger partial charge < -0.3 is 9.47 Å². The monoisotopic (exact) mass is 478 g/mol. The van der Waals surface area contributed by atoms with Crippen molar-refractivity contribution in [2.45, 2.75) is 12.7 Å². The van der Waals surface area contributed by atoms with Crippen molar-refractivity contribution in [1.29, 1.82) is 0 Å². The highest BCUT2D eigenvalue weighted by atomic mass is 32.1. The summed E-state index contributed by atoms with van der Waals surface area (Å²) in [5.41, 5.74) is -1.84. The van der Waals surface area contributed by atoms with Crippen molar-refractivity contribution in [3.63, 3.8) is 0 Å². The molecule has 0 fully saturated rings. The Morgan fingerprint density at radius 2 is 1.76 bits per heavy atom. The van der Waals surface area contributed by atoms with Gasteiger partial charge in [-0.1, -0.05) is 0 Å². The summed E-state index contributed by atoms with van der Waals surface area (Å²) < 4.78 is 51.4. The van der Waals surface area contributed by atoms with Gasteiger partial charge in [-0.3, -0.25) is 13.9 Å². The molecule has 0 aliphatic carbocycles. The number of fused-ring (bicyclic) bond motifs is 1. The van der Waals surface area contributed by atoms with Crippen molar-refractivity contribution < 1.29 is 22.6 Å². The number of ether oxygens (including phenoxy) is 2. The highest BCUT2D eigenvalue weighted by Crippen LogP contribution is 2.33. The van der Waals surface area contributed by atoms with Crippen molar-refractivity contribution in [2.75, 3.05) is 14.2 Å². The molecule has 8 nitrogen and oxygen atoms in total. The zero-order chi connectivity index (χ0) is 23.9. The van der Waals surface area contributed by atoms with Gasteiger partial charge in [0.15, 0.2) is 11.5 Å². The first-order chi connectivity index (χ1) is 15.6. The van der Waals surface area contributed by atoms with E-state index in [1.54, 1.807) is 23.6 Å². The van der Waals surface area contributed by atoms with Gasteiger partial charge in [0.25, 0.3) is 5.56 Å². The van der Waals surface area contributed by atoms with Crippen LogP contribution in [0, 0.1) is 0 Å². The number of methoxy groups -OCH3 is 2. The lowest BCUT2D eigenvalue weighted by atomic mass is 10.2. The van der Waals surface area contributed by atoms with Gasteiger partial charge in [0, 0.05) is 18.0 Å². The first kappa shape index (κ1) is 22.5. The summed E-state index contributed by atoms with van der Waals surface area (Å²) in [7, 11) is 4.31. The van der Waals surface area contributed by atoms with Crippen LogP contribution in [0.25, 0.3) is 21.6 Å². The molecule has 0 saturated heterocycles. The maximum absolute atomic E-state index is 13.0. The number of thiazole rings is 1. The molecule has 0 atom stereocenters. The number of alkyl halides is 3. The van der Waals surface area contributed by atoms with Crippen LogP contribution in [0.1, 0.15) is 11.4 Å². The summed E-state index contributed by atoms with van der Waals surface area (Å²) in [5, 5.41) is 2.24. The molecule has 0 unspecified atom stereocenters. The predicted octanol–water partition coefficient (Wildman–Crippen LogP) is 3.30. The lowest BCUT2D eigenvalue weighted by Crippen LogP contribution is -2.39. The van der Waals surface area contributed by atoms with Crippen LogP contribution >= 0.6 is 11.3 Å². The van der Waals surface area contributed by atoms with Gasteiger partial charge in [-0.2, -0.15) is 13.2 Å². The number of aryl methyl sites for hydroxylation is 1. The van der Waals surface area contributed by atoms with Gasteiger partial charge in [-0.25, -0.2) is 14.8 Å². The Balaban J connectivity index is 1.73. The number of halogens is 3. The Morgan fingerprint density at radius 1 is 1.03 bits per heavy atom. The van der Waals surface area contributed by atoms with E-state index in [1.807, 2.05) is 0 Å². The summed E-state index contributed by atoms with van der Waals surface area (Å²) >= 11 is 1.31. The lowest BCUT2D eigenvalue weighted by molar-refractivity contribution is -0.141. The second-order valence-corrected chi connectivity index (χ2v) is 7.87. The van der Waals surface area contributed by atoms with Gasteiger partial charge in [-0.05, 0) is 30.3 Å². The molecule has 0 bridgehead atoms. The second kappa shape index (κ2) is 8.35. The third-order valence-corrected chi connectivity index (χ3v) is 5.92. The van der Waals surface area contributed by atoms with Crippen LogP contribution in [0.2, 0.25) is 0 Å². The summed E-state index contributed by atoms with van der Waals surface area (Å²) in [5.74, 6) is 1.09. The first-order valence-corrected chi connectivity index (χ1v) is 10.4. The topological polar surface area (TPSA) is 88.2 Å². The van der Waals surface area contributed by atoms with Gasteiger partial charge in [-0.15, -0.1) is 11.3 Å². The summed E-state index contributed by atoms with van der Waals surface area (Å²) in [6, 6.07) is 7.04. The molecule has 3 aromatic heterocycles. The molecule has 33 heavy (non-hydrogen) atoms. The van der Waals surface area contributed by atoms with Gasteiger partial charge in [0.2, 0.25) is 0 Å². The molecule has 0 aliphatic rings. The molecule has 0 saturated carbocycles. The quantitative estimate of drug-likeness (QED) is 0.438. The van der Waals surface area contributed by atoms with Crippen LogP contribution < -0.4 is 20.7 Å². The van der Waals surface area contributed by atoms with Gasteiger partial charge in [0.1, 0.15) is 16.3 Å². The largest absolute Gasteiger partial charge is 0.493 e. The van der Waals surface area contributed by atoms with E-state index in [-0.39, 0.29) is 17.6 Å². The van der Waals surface area contributed by atoms with Crippen LogP contribution in [-0.4, -0.2) is 33.3 Å². The Morgan fingerprint density at radius 3 is 2.42 bits per heavy atom. The minimum absolute atomic E-state index is 0.0968. The van der Waals surface area contributed by atoms with Crippen LogP contribution in [0.4, 0.5) is 13.2 Å². The number of aromatic nitrogens is 4. The number of pyridine rings is 1. The second-order valence-electron chi connectivity index (χ2n) is 7.01. The Bertz CT molecular complexity index is 1470. The van der Waals surface area contributed by atoms with E-state index >= 15 is 0 Å². The Labute approximate surface area is 188 Å². The molecule has 0 amide bonds. The highest BCUT2D eigenvalue weighted by molar-refractivity contribution is 7.13. The maximum atomic E-state index is 13.0. The molecular formula is C21H17F3N4O4S. The summed E-state index contributed by atoms with van der Waals surface area (Å²) in [6.07, 6.45) is -4.69. The third kappa shape index (κ3) is 4.09. The fraction of sp³-hybridized carbons (Fsp3) is 0.238. The number of nitrogens with zero attached hydrogens (tertiary/aromatic N) is 4. The normalized spacial score (nSPS) is 11.7. The number of rotatable bonds is 5. The molecule has 0 aliphatic heterocycles. The molecule has 0 N–H and O–H groups in total.